The maximum Gasteiger partial charge on any atom is 0.127 e. The first-order valence-electron chi connectivity index (χ1n) is 6.10. The van der Waals surface area contributed by atoms with Gasteiger partial charge < -0.3 is 5.32 Å². The van der Waals surface area contributed by atoms with E-state index in [0.29, 0.717) is 17.0 Å². The van der Waals surface area contributed by atoms with Gasteiger partial charge in [-0.1, -0.05) is 17.7 Å². The van der Waals surface area contributed by atoms with Crippen LogP contribution in [0.2, 0.25) is 5.02 Å². The molecule has 1 aromatic heterocycles. The lowest BCUT2D eigenvalue weighted by molar-refractivity contribution is 0.531. The molecule has 1 aromatic carbocycles. The van der Waals surface area contributed by atoms with Crippen molar-refractivity contribution < 1.29 is 4.39 Å². The third kappa shape index (κ3) is 4.00. The normalized spacial score (nSPS) is 12.6. The molecule has 0 spiro atoms. The van der Waals surface area contributed by atoms with Gasteiger partial charge in [-0.3, -0.25) is 0 Å². The van der Waals surface area contributed by atoms with Crippen LogP contribution in [0, 0.1) is 12.7 Å². The summed E-state index contributed by atoms with van der Waals surface area (Å²) < 4.78 is 13.8. The van der Waals surface area contributed by atoms with E-state index < -0.39 is 0 Å². The van der Waals surface area contributed by atoms with Crippen LogP contribution >= 0.6 is 22.9 Å². The van der Waals surface area contributed by atoms with E-state index in [9.17, 15) is 4.39 Å². The van der Waals surface area contributed by atoms with Gasteiger partial charge in [0.1, 0.15) is 5.82 Å². The van der Waals surface area contributed by atoms with Crippen LogP contribution in [0.4, 0.5) is 4.39 Å². The molecule has 19 heavy (non-hydrogen) atoms. The van der Waals surface area contributed by atoms with Crippen molar-refractivity contribution in [1.82, 2.24) is 10.3 Å². The molecule has 2 rings (SSSR count). The van der Waals surface area contributed by atoms with Crippen molar-refractivity contribution >= 4 is 22.9 Å². The maximum atomic E-state index is 13.8. The molecule has 0 fully saturated rings. The third-order valence-corrected chi connectivity index (χ3v) is 4.20. The fourth-order valence-corrected chi connectivity index (χ4v) is 2.95. The predicted octanol–water partition coefficient (Wildman–Crippen LogP) is 3.62. The molecule has 2 aromatic rings. The van der Waals surface area contributed by atoms with Gasteiger partial charge in [-0.2, -0.15) is 0 Å². The number of thiazole rings is 1. The van der Waals surface area contributed by atoms with E-state index >= 15 is 0 Å². The first-order valence-corrected chi connectivity index (χ1v) is 7.36. The molecule has 0 saturated heterocycles. The number of nitrogens with zero attached hydrogens (tertiary/aromatic N) is 1. The molecule has 1 N–H and O–H groups in total. The molecule has 102 valence electrons. The highest BCUT2D eigenvalue weighted by Crippen LogP contribution is 2.18. The SMILES string of the molecule is CNC(Cc1nc(C)cs1)Cc1ccc(Cl)cc1F. The van der Waals surface area contributed by atoms with E-state index in [2.05, 4.69) is 10.3 Å². The van der Waals surface area contributed by atoms with Crippen LogP contribution in [0.3, 0.4) is 0 Å². The van der Waals surface area contributed by atoms with E-state index in [-0.39, 0.29) is 11.9 Å². The topological polar surface area (TPSA) is 24.9 Å². The average molecular weight is 299 g/mol. The van der Waals surface area contributed by atoms with Gasteiger partial charge in [0.2, 0.25) is 0 Å². The van der Waals surface area contributed by atoms with Gasteiger partial charge in [-0.15, -0.1) is 11.3 Å². The second-order valence-electron chi connectivity index (χ2n) is 4.51. The molecule has 0 aliphatic rings. The Morgan fingerprint density at radius 1 is 1.42 bits per heavy atom. The van der Waals surface area contributed by atoms with Crippen molar-refractivity contribution in [3.05, 3.63) is 50.7 Å². The van der Waals surface area contributed by atoms with Crippen molar-refractivity contribution in [3.63, 3.8) is 0 Å². The van der Waals surface area contributed by atoms with E-state index in [0.717, 1.165) is 17.1 Å². The lowest BCUT2D eigenvalue weighted by Gasteiger charge is -2.15. The molecule has 1 unspecified atom stereocenters. The van der Waals surface area contributed by atoms with Crippen molar-refractivity contribution in [2.75, 3.05) is 7.05 Å². The number of rotatable bonds is 5. The Hall–Kier alpha value is -0.970. The minimum atomic E-state index is -0.247. The molecule has 0 aliphatic heterocycles. The summed E-state index contributed by atoms with van der Waals surface area (Å²) in [5, 5.41) is 6.75. The number of hydrogen-bond acceptors (Lipinski definition) is 3. The summed E-state index contributed by atoms with van der Waals surface area (Å²) in [4.78, 5) is 4.44. The summed E-state index contributed by atoms with van der Waals surface area (Å²) in [6.07, 6.45) is 1.43. The highest BCUT2D eigenvalue weighted by Gasteiger charge is 2.13. The number of nitrogens with one attached hydrogen (secondary N) is 1. The zero-order chi connectivity index (χ0) is 13.8. The number of benzene rings is 1. The quantitative estimate of drug-likeness (QED) is 0.912. The van der Waals surface area contributed by atoms with Gasteiger partial charge in [-0.25, -0.2) is 9.37 Å². The third-order valence-electron chi connectivity index (χ3n) is 2.98. The standard InChI is InChI=1S/C14H16ClFN2S/c1-9-8-19-14(18-9)7-12(17-2)5-10-3-4-11(15)6-13(10)16/h3-4,6,8,12,17H,5,7H2,1-2H3. The van der Waals surface area contributed by atoms with Crippen molar-refractivity contribution in [3.8, 4) is 0 Å². The van der Waals surface area contributed by atoms with Crippen molar-refractivity contribution in [2.45, 2.75) is 25.8 Å². The number of likely N-dealkylation sites (N-methyl/N-ethyl adjacent to an activating group) is 1. The van der Waals surface area contributed by atoms with E-state index in [4.69, 9.17) is 11.6 Å². The minimum Gasteiger partial charge on any atom is -0.316 e. The lowest BCUT2D eigenvalue weighted by Crippen LogP contribution is -2.30. The fourth-order valence-electron chi connectivity index (χ4n) is 1.94. The maximum absolute atomic E-state index is 13.8. The molecule has 0 amide bonds. The number of aromatic nitrogens is 1. The number of hydrogen-bond donors (Lipinski definition) is 1. The zero-order valence-corrected chi connectivity index (χ0v) is 12.5. The van der Waals surface area contributed by atoms with Gasteiger partial charge in [-0.05, 0) is 38.1 Å². The highest BCUT2D eigenvalue weighted by atomic mass is 35.5. The van der Waals surface area contributed by atoms with Crippen molar-refractivity contribution in [1.29, 1.82) is 0 Å². The van der Waals surface area contributed by atoms with E-state index in [1.54, 1.807) is 23.5 Å². The molecule has 1 atom stereocenters. The summed E-state index contributed by atoms with van der Waals surface area (Å²) in [5.41, 5.74) is 1.71. The largest absolute Gasteiger partial charge is 0.316 e. The summed E-state index contributed by atoms with van der Waals surface area (Å²) in [6, 6.07) is 4.99. The molecule has 0 saturated carbocycles. The van der Waals surface area contributed by atoms with E-state index in [1.165, 1.54) is 6.07 Å². The Kier molecular flexibility index (Phi) is 4.91. The van der Waals surface area contributed by atoms with Crippen molar-refractivity contribution in [2.24, 2.45) is 0 Å². The lowest BCUT2D eigenvalue weighted by atomic mass is 10.0. The summed E-state index contributed by atoms with van der Waals surface area (Å²) in [5.74, 6) is -0.247. The predicted molar refractivity (Wildman–Crippen MR) is 78.5 cm³/mol. The summed E-state index contributed by atoms with van der Waals surface area (Å²) in [6.45, 7) is 1.98. The Morgan fingerprint density at radius 2 is 2.21 bits per heavy atom. The second-order valence-corrected chi connectivity index (χ2v) is 5.89. The summed E-state index contributed by atoms with van der Waals surface area (Å²) in [7, 11) is 1.89. The van der Waals surface area contributed by atoms with E-state index in [1.807, 2.05) is 19.4 Å². The molecular weight excluding hydrogens is 283 g/mol. The molecule has 2 nitrogen and oxygen atoms in total. The Labute approximate surface area is 121 Å². The second kappa shape index (κ2) is 6.46. The molecule has 5 heteroatoms. The minimum absolute atomic E-state index is 0.168. The Bertz CT molecular complexity index is 556. The Balaban J connectivity index is 2.06. The van der Waals surface area contributed by atoms with Gasteiger partial charge in [0.25, 0.3) is 0 Å². The van der Waals surface area contributed by atoms with Gasteiger partial charge in [0, 0.05) is 28.6 Å². The van der Waals surface area contributed by atoms with Gasteiger partial charge in [0.05, 0.1) is 5.01 Å². The van der Waals surface area contributed by atoms with Gasteiger partial charge >= 0.3 is 0 Å². The van der Waals surface area contributed by atoms with Crippen LogP contribution < -0.4 is 5.32 Å². The highest BCUT2D eigenvalue weighted by molar-refractivity contribution is 7.09. The zero-order valence-electron chi connectivity index (χ0n) is 10.9. The first-order chi connectivity index (χ1) is 9.08. The average Bonchev–Trinajstić information content (AvgIpc) is 2.77. The number of aryl methyl sites for hydroxylation is 1. The van der Waals surface area contributed by atoms with Crippen LogP contribution in [0.1, 0.15) is 16.3 Å². The van der Waals surface area contributed by atoms with Crippen LogP contribution in [0.25, 0.3) is 0 Å². The summed E-state index contributed by atoms with van der Waals surface area (Å²) >= 11 is 7.40. The fraction of sp³-hybridized carbons (Fsp3) is 0.357. The molecule has 0 radical (unpaired) electrons. The van der Waals surface area contributed by atoms with Gasteiger partial charge in [0.15, 0.2) is 0 Å². The smallest absolute Gasteiger partial charge is 0.127 e. The number of halogens is 2. The molecule has 0 aliphatic carbocycles. The van der Waals surface area contributed by atoms with Crippen LogP contribution in [0.5, 0.6) is 0 Å². The van der Waals surface area contributed by atoms with Crippen LogP contribution in [0.15, 0.2) is 23.6 Å². The molecular formula is C14H16ClFN2S. The van der Waals surface area contributed by atoms with Crippen LogP contribution in [-0.2, 0) is 12.8 Å². The monoisotopic (exact) mass is 298 g/mol. The van der Waals surface area contributed by atoms with Crippen LogP contribution in [-0.4, -0.2) is 18.1 Å². The molecule has 1 heterocycles. The first kappa shape index (κ1) is 14.4. The molecule has 0 bridgehead atoms. The Morgan fingerprint density at radius 3 is 2.79 bits per heavy atom.